The highest BCUT2D eigenvalue weighted by molar-refractivity contribution is 6.05. The summed E-state index contributed by atoms with van der Waals surface area (Å²) in [6.45, 7) is 0. The van der Waals surface area contributed by atoms with Crippen LogP contribution in [0.25, 0.3) is 0 Å². The Hall–Kier alpha value is -1.77. The van der Waals surface area contributed by atoms with Gasteiger partial charge in [-0.3, -0.25) is 9.59 Å². The van der Waals surface area contributed by atoms with Gasteiger partial charge in [0.15, 0.2) is 11.6 Å². The van der Waals surface area contributed by atoms with Crippen molar-refractivity contribution in [2.24, 2.45) is 0 Å². The Morgan fingerprint density at radius 2 is 1.95 bits per heavy atom. The fourth-order valence-electron chi connectivity index (χ4n) is 2.28. The molecule has 0 saturated heterocycles. The Bertz CT molecular complexity index is 517. The number of Topliss-reactive ketones (excluding diaryl/α,β-unsaturated/α-hetero) is 2. The molecule has 0 amide bonds. The van der Waals surface area contributed by atoms with E-state index in [2.05, 4.69) is 0 Å². The van der Waals surface area contributed by atoms with Crippen molar-refractivity contribution >= 4 is 11.6 Å². The van der Waals surface area contributed by atoms with E-state index in [0.717, 1.165) is 25.7 Å². The summed E-state index contributed by atoms with van der Waals surface area (Å²) in [6, 6.07) is 5.91. The second kappa shape index (κ2) is 6.41. The molecule has 0 fully saturated rings. The van der Waals surface area contributed by atoms with E-state index in [4.69, 9.17) is 0 Å². The van der Waals surface area contributed by atoms with Crippen molar-refractivity contribution in [3.63, 3.8) is 0 Å². The van der Waals surface area contributed by atoms with Gasteiger partial charge in [0.1, 0.15) is 5.82 Å². The summed E-state index contributed by atoms with van der Waals surface area (Å²) < 4.78 is 13.5. The highest BCUT2D eigenvalue weighted by Gasteiger charge is 2.18. The van der Waals surface area contributed by atoms with Crippen LogP contribution in [0.1, 0.15) is 48.9 Å². The summed E-state index contributed by atoms with van der Waals surface area (Å²) in [4.78, 5) is 23.9. The first-order valence-corrected chi connectivity index (χ1v) is 6.68. The van der Waals surface area contributed by atoms with Crippen LogP contribution in [0, 0.1) is 5.82 Å². The first kappa shape index (κ1) is 13.7. The fraction of sp³-hybridized carbons (Fsp3) is 0.375. The summed E-state index contributed by atoms with van der Waals surface area (Å²) in [5.74, 6) is -0.811. The highest BCUT2D eigenvalue weighted by Crippen LogP contribution is 2.19. The van der Waals surface area contributed by atoms with Crippen LogP contribution < -0.4 is 0 Å². The number of hydrogen-bond donors (Lipinski definition) is 0. The van der Waals surface area contributed by atoms with Crippen molar-refractivity contribution in [3.8, 4) is 0 Å². The lowest BCUT2D eigenvalue weighted by Gasteiger charge is -2.10. The van der Waals surface area contributed by atoms with Crippen LogP contribution in [-0.2, 0) is 4.79 Å². The second-order valence-corrected chi connectivity index (χ2v) is 4.83. The smallest absolute Gasteiger partial charge is 0.170 e. The lowest BCUT2D eigenvalue weighted by atomic mass is 9.93. The van der Waals surface area contributed by atoms with Gasteiger partial charge in [-0.1, -0.05) is 24.6 Å². The van der Waals surface area contributed by atoms with Crippen LogP contribution in [0.5, 0.6) is 0 Å². The molecule has 2 nitrogen and oxygen atoms in total. The average molecular weight is 260 g/mol. The third-order valence-corrected chi connectivity index (χ3v) is 3.38. The molecule has 0 N–H and O–H groups in total. The molecule has 1 aromatic carbocycles. The van der Waals surface area contributed by atoms with Gasteiger partial charge >= 0.3 is 0 Å². The maximum atomic E-state index is 13.5. The number of halogens is 1. The summed E-state index contributed by atoms with van der Waals surface area (Å²) in [5, 5.41) is 0. The standard InChI is InChI=1S/C16H17FO2/c17-14-9-6-5-8-13(14)16(19)11-12-7-3-1-2-4-10-15(12)18/h5-9H,1-4,10-11H2/b12-7+. The van der Waals surface area contributed by atoms with Crippen LogP contribution in [0.2, 0.25) is 0 Å². The minimum absolute atomic E-state index is 0.0137. The van der Waals surface area contributed by atoms with Crippen molar-refractivity contribution in [3.05, 3.63) is 47.3 Å². The quantitative estimate of drug-likeness (QED) is 0.773. The maximum Gasteiger partial charge on any atom is 0.170 e. The summed E-state index contributed by atoms with van der Waals surface area (Å²) >= 11 is 0. The molecule has 2 rings (SSSR count). The van der Waals surface area contributed by atoms with E-state index in [1.54, 1.807) is 12.1 Å². The van der Waals surface area contributed by atoms with E-state index >= 15 is 0 Å². The monoisotopic (exact) mass is 260 g/mol. The topological polar surface area (TPSA) is 34.1 Å². The molecule has 0 unspecified atom stereocenters. The molecular formula is C16H17FO2. The van der Waals surface area contributed by atoms with E-state index < -0.39 is 5.82 Å². The summed E-state index contributed by atoms with van der Waals surface area (Å²) in [7, 11) is 0. The van der Waals surface area contributed by atoms with Gasteiger partial charge in [0.2, 0.25) is 0 Å². The lowest BCUT2D eigenvalue weighted by molar-refractivity contribution is -0.115. The number of allylic oxidation sites excluding steroid dienone is 2. The zero-order valence-corrected chi connectivity index (χ0v) is 10.8. The molecule has 0 heterocycles. The van der Waals surface area contributed by atoms with Crippen LogP contribution in [0.3, 0.4) is 0 Å². The maximum absolute atomic E-state index is 13.5. The van der Waals surface area contributed by atoms with Crippen LogP contribution in [0.15, 0.2) is 35.9 Å². The zero-order chi connectivity index (χ0) is 13.7. The predicted octanol–water partition coefficient (Wildman–Crippen LogP) is 3.86. The molecule has 0 aromatic heterocycles. The predicted molar refractivity (Wildman–Crippen MR) is 71.5 cm³/mol. The van der Waals surface area contributed by atoms with Gasteiger partial charge in [0.05, 0.1) is 5.56 Å². The van der Waals surface area contributed by atoms with Gasteiger partial charge in [-0.15, -0.1) is 0 Å². The van der Waals surface area contributed by atoms with Gasteiger partial charge in [-0.05, 0) is 37.0 Å². The second-order valence-electron chi connectivity index (χ2n) is 4.83. The van der Waals surface area contributed by atoms with Gasteiger partial charge in [-0.2, -0.15) is 0 Å². The van der Waals surface area contributed by atoms with Gasteiger partial charge in [0.25, 0.3) is 0 Å². The molecule has 0 radical (unpaired) electrons. The number of carbonyl (C=O) groups excluding carboxylic acids is 2. The van der Waals surface area contributed by atoms with Crippen LogP contribution >= 0.6 is 0 Å². The molecule has 3 heteroatoms. The minimum Gasteiger partial charge on any atom is -0.295 e. The largest absolute Gasteiger partial charge is 0.295 e. The van der Waals surface area contributed by atoms with E-state index in [-0.39, 0.29) is 23.6 Å². The number of benzene rings is 1. The molecule has 1 aromatic rings. The molecule has 0 spiro atoms. The van der Waals surface area contributed by atoms with Crippen molar-refractivity contribution in [1.29, 1.82) is 0 Å². The van der Waals surface area contributed by atoms with E-state index in [0.29, 0.717) is 12.0 Å². The molecule has 0 aliphatic heterocycles. The molecule has 100 valence electrons. The number of ketones is 2. The van der Waals surface area contributed by atoms with Crippen molar-refractivity contribution < 1.29 is 14.0 Å². The Balaban J connectivity index is 2.13. The fourth-order valence-corrected chi connectivity index (χ4v) is 2.28. The Labute approximate surface area is 112 Å². The van der Waals surface area contributed by atoms with E-state index in [9.17, 15) is 14.0 Å². The SMILES string of the molecule is O=C1CCCCC/C=C/1CC(=O)c1ccccc1F. The molecule has 0 saturated carbocycles. The normalized spacial score (nSPS) is 19.2. The third kappa shape index (κ3) is 3.60. The Morgan fingerprint density at radius 3 is 2.74 bits per heavy atom. The number of carbonyl (C=O) groups is 2. The minimum atomic E-state index is -0.522. The summed E-state index contributed by atoms with van der Waals surface area (Å²) in [6.07, 6.45) is 6.16. The van der Waals surface area contributed by atoms with Crippen molar-refractivity contribution in [2.45, 2.75) is 38.5 Å². The van der Waals surface area contributed by atoms with Crippen LogP contribution in [-0.4, -0.2) is 11.6 Å². The van der Waals surface area contributed by atoms with E-state index in [1.807, 2.05) is 6.08 Å². The first-order chi connectivity index (χ1) is 9.18. The molecule has 0 atom stereocenters. The molecule has 1 aliphatic rings. The van der Waals surface area contributed by atoms with Crippen molar-refractivity contribution in [1.82, 2.24) is 0 Å². The van der Waals surface area contributed by atoms with Gasteiger partial charge < -0.3 is 0 Å². The number of hydrogen-bond acceptors (Lipinski definition) is 2. The molecule has 1 aliphatic carbocycles. The van der Waals surface area contributed by atoms with E-state index in [1.165, 1.54) is 12.1 Å². The van der Waals surface area contributed by atoms with Gasteiger partial charge in [0, 0.05) is 12.8 Å². The van der Waals surface area contributed by atoms with Gasteiger partial charge in [-0.25, -0.2) is 4.39 Å². The highest BCUT2D eigenvalue weighted by atomic mass is 19.1. The van der Waals surface area contributed by atoms with Crippen molar-refractivity contribution in [2.75, 3.05) is 0 Å². The first-order valence-electron chi connectivity index (χ1n) is 6.68. The summed E-state index contributed by atoms with van der Waals surface area (Å²) in [5.41, 5.74) is 0.617. The van der Waals surface area contributed by atoms with Crippen LogP contribution in [0.4, 0.5) is 4.39 Å². The zero-order valence-electron chi connectivity index (χ0n) is 10.8. The average Bonchev–Trinajstić information content (AvgIpc) is 2.39. The Morgan fingerprint density at radius 1 is 1.16 bits per heavy atom. The third-order valence-electron chi connectivity index (χ3n) is 3.38. The Kier molecular flexibility index (Phi) is 4.61. The lowest BCUT2D eigenvalue weighted by Crippen LogP contribution is -2.11. The molecule has 19 heavy (non-hydrogen) atoms. The number of rotatable bonds is 3. The molecule has 0 bridgehead atoms. The molecular weight excluding hydrogens is 243 g/mol.